The Kier molecular flexibility index (Phi) is 9.18. The number of aliphatic hydroxyl groups excluding tert-OH is 1. The molecular weight excluding hydrogens is 364 g/mol. The fourth-order valence-electron chi connectivity index (χ4n) is 3.24. The molecule has 1 aromatic rings. The summed E-state index contributed by atoms with van der Waals surface area (Å²) in [6.45, 7) is 7.90. The summed E-state index contributed by atoms with van der Waals surface area (Å²) in [6, 6.07) is 7.21. The van der Waals surface area contributed by atoms with Gasteiger partial charge in [-0.05, 0) is 37.5 Å². The molecule has 0 aliphatic carbocycles. The molecule has 1 fully saturated rings. The zero-order chi connectivity index (χ0) is 19.7. The molecule has 0 aromatic heterocycles. The molecule has 7 heteroatoms. The standard InChI is InChI=1S/C20H34N2O4S/c1-3-4-5-6-19-7-9-20(10-8-19)27(24,25)22(17-18(2)23)12-11-21-13-15-26-16-14-21/h7-10,18,23H,3-6,11-17H2,1-2H3. The predicted molar refractivity (Wildman–Crippen MR) is 107 cm³/mol. The third kappa shape index (κ3) is 7.16. The summed E-state index contributed by atoms with van der Waals surface area (Å²) in [5, 5.41) is 9.79. The Morgan fingerprint density at radius 3 is 2.44 bits per heavy atom. The van der Waals surface area contributed by atoms with Gasteiger partial charge in [-0.1, -0.05) is 31.9 Å². The number of morpholine rings is 1. The van der Waals surface area contributed by atoms with Crippen LogP contribution in [-0.4, -0.2) is 74.8 Å². The van der Waals surface area contributed by atoms with E-state index in [0.717, 1.165) is 31.5 Å². The molecular formula is C20H34N2O4S. The first kappa shape index (κ1) is 22.3. The van der Waals surface area contributed by atoms with Gasteiger partial charge in [0, 0.05) is 32.7 Å². The third-order valence-electron chi connectivity index (χ3n) is 4.87. The van der Waals surface area contributed by atoms with Crippen molar-refractivity contribution in [2.75, 3.05) is 45.9 Å². The minimum atomic E-state index is -3.62. The molecule has 6 nitrogen and oxygen atoms in total. The van der Waals surface area contributed by atoms with Crippen molar-refractivity contribution in [2.24, 2.45) is 0 Å². The van der Waals surface area contributed by atoms with E-state index in [2.05, 4.69) is 11.8 Å². The monoisotopic (exact) mass is 398 g/mol. The lowest BCUT2D eigenvalue weighted by Crippen LogP contribution is -2.44. The van der Waals surface area contributed by atoms with Gasteiger partial charge < -0.3 is 9.84 Å². The second kappa shape index (κ2) is 11.1. The molecule has 0 saturated carbocycles. The molecule has 0 radical (unpaired) electrons. The van der Waals surface area contributed by atoms with E-state index in [4.69, 9.17) is 4.74 Å². The molecule has 1 aliphatic rings. The van der Waals surface area contributed by atoms with Gasteiger partial charge >= 0.3 is 0 Å². The maximum absolute atomic E-state index is 13.1. The van der Waals surface area contributed by atoms with Crippen LogP contribution >= 0.6 is 0 Å². The smallest absolute Gasteiger partial charge is 0.243 e. The number of hydrogen-bond acceptors (Lipinski definition) is 5. The molecule has 1 aromatic carbocycles. The quantitative estimate of drug-likeness (QED) is 0.578. The van der Waals surface area contributed by atoms with Gasteiger partial charge in [-0.3, -0.25) is 4.90 Å². The third-order valence-corrected chi connectivity index (χ3v) is 6.75. The van der Waals surface area contributed by atoms with Crippen molar-refractivity contribution in [1.29, 1.82) is 0 Å². The first-order valence-corrected chi connectivity index (χ1v) is 11.4. The SMILES string of the molecule is CCCCCc1ccc(S(=O)(=O)N(CCN2CCOCC2)CC(C)O)cc1. The van der Waals surface area contributed by atoms with Gasteiger partial charge in [-0.25, -0.2) is 8.42 Å². The van der Waals surface area contributed by atoms with E-state index in [-0.39, 0.29) is 6.54 Å². The molecule has 2 rings (SSSR count). The van der Waals surface area contributed by atoms with Crippen molar-refractivity contribution < 1.29 is 18.3 Å². The van der Waals surface area contributed by atoms with Crippen LogP contribution in [-0.2, 0) is 21.2 Å². The van der Waals surface area contributed by atoms with Crippen LogP contribution < -0.4 is 0 Å². The van der Waals surface area contributed by atoms with Gasteiger partial charge in [0.1, 0.15) is 0 Å². The van der Waals surface area contributed by atoms with Gasteiger partial charge in [0.25, 0.3) is 0 Å². The minimum Gasteiger partial charge on any atom is -0.392 e. The molecule has 1 unspecified atom stereocenters. The maximum Gasteiger partial charge on any atom is 0.243 e. The normalized spacial score (nSPS) is 17.3. The molecule has 27 heavy (non-hydrogen) atoms. The summed E-state index contributed by atoms with van der Waals surface area (Å²) >= 11 is 0. The van der Waals surface area contributed by atoms with E-state index in [0.29, 0.717) is 31.2 Å². The number of sulfonamides is 1. The fraction of sp³-hybridized carbons (Fsp3) is 0.700. The van der Waals surface area contributed by atoms with E-state index in [1.165, 1.54) is 17.1 Å². The van der Waals surface area contributed by atoms with E-state index in [1.54, 1.807) is 19.1 Å². The fourth-order valence-corrected chi connectivity index (χ4v) is 4.75. The Hall–Kier alpha value is -0.990. The van der Waals surface area contributed by atoms with E-state index < -0.39 is 16.1 Å². The summed E-state index contributed by atoms with van der Waals surface area (Å²) in [5.41, 5.74) is 1.16. The van der Waals surface area contributed by atoms with Gasteiger partial charge in [0.05, 0.1) is 24.2 Å². The Morgan fingerprint density at radius 1 is 1.19 bits per heavy atom. The lowest BCUT2D eigenvalue weighted by molar-refractivity contribution is 0.0352. The lowest BCUT2D eigenvalue weighted by Gasteiger charge is -2.30. The van der Waals surface area contributed by atoms with Crippen LogP contribution in [0.25, 0.3) is 0 Å². The van der Waals surface area contributed by atoms with Crippen molar-refractivity contribution >= 4 is 10.0 Å². The number of unbranched alkanes of at least 4 members (excludes halogenated alkanes) is 2. The second-order valence-electron chi connectivity index (χ2n) is 7.27. The Bertz CT molecular complexity index is 640. The number of benzene rings is 1. The second-order valence-corrected chi connectivity index (χ2v) is 9.21. The molecule has 0 bridgehead atoms. The van der Waals surface area contributed by atoms with E-state index in [9.17, 15) is 13.5 Å². The van der Waals surface area contributed by atoms with Crippen LogP contribution in [0.2, 0.25) is 0 Å². The van der Waals surface area contributed by atoms with Crippen LogP contribution in [0.4, 0.5) is 0 Å². The van der Waals surface area contributed by atoms with Crippen molar-refractivity contribution in [3.05, 3.63) is 29.8 Å². The largest absolute Gasteiger partial charge is 0.392 e. The number of rotatable bonds is 11. The average Bonchev–Trinajstić information content (AvgIpc) is 2.66. The average molecular weight is 399 g/mol. The van der Waals surface area contributed by atoms with Crippen LogP contribution in [0.5, 0.6) is 0 Å². The molecule has 1 atom stereocenters. The van der Waals surface area contributed by atoms with Crippen LogP contribution in [0, 0.1) is 0 Å². The summed E-state index contributed by atoms with van der Waals surface area (Å²) in [7, 11) is -3.62. The Balaban J connectivity index is 2.05. The number of aliphatic hydroxyl groups is 1. The zero-order valence-corrected chi connectivity index (χ0v) is 17.5. The minimum absolute atomic E-state index is 0.102. The van der Waals surface area contributed by atoms with Gasteiger partial charge in [-0.15, -0.1) is 0 Å². The molecule has 154 valence electrons. The number of aryl methyl sites for hydroxylation is 1. The lowest BCUT2D eigenvalue weighted by atomic mass is 10.1. The van der Waals surface area contributed by atoms with Gasteiger partial charge in [-0.2, -0.15) is 4.31 Å². The summed E-state index contributed by atoms with van der Waals surface area (Å²) in [6.07, 6.45) is 3.74. The van der Waals surface area contributed by atoms with Gasteiger partial charge in [0.15, 0.2) is 0 Å². The van der Waals surface area contributed by atoms with Crippen molar-refractivity contribution in [3.63, 3.8) is 0 Å². The number of hydrogen-bond donors (Lipinski definition) is 1. The maximum atomic E-state index is 13.1. The predicted octanol–water partition coefficient (Wildman–Crippen LogP) is 2.12. The van der Waals surface area contributed by atoms with Gasteiger partial charge in [0.2, 0.25) is 10.0 Å². The Labute approximate surface area is 164 Å². The van der Waals surface area contributed by atoms with Crippen LogP contribution in [0.15, 0.2) is 29.2 Å². The molecule has 1 N–H and O–H groups in total. The first-order chi connectivity index (χ1) is 12.9. The Morgan fingerprint density at radius 2 is 1.85 bits per heavy atom. The number of ether oxygens (including phenoxy) is 1. The molecule has 1 saturated heterocycles. The molecule has 1 heterocycles. The van der Waals surface area contributed by atoms with Crippen LogP contribution in [0.1, 0.15) is 38.7 Å². The summed E-state index contributed by atoms with van der Waals surface area (Å²) in [5.74, 6) is 0. The topological polar surface area (TPSA) is 70.1 Å². The molecule has 0 spiro atoms. The van der Waals surface area contributed by atoms with Crippen molar-refractivity contribution in [3.8, 4) is 0 Å². The van der Waals surface area contributed by atoms with E-state index >= 15 is 0 Å². The first-order valence-electron chi connectivity index (χ1n) is 10.0. The molecule has 1 aliphatic heterocycles. The van der Waals surface area contributed by atoms with Crippen molar-refractivity contribution in [2.45, 2.75) is 50.5 Å². The number of nitrogens with zero attached hydrogens (tertiary/aromatic N) is 2. The van der Waals surface area contributed by atoms with E-state index in [1.807, 2.05) is 12.1 Å². The summed E-state index contributed by atoms with van der Waals surface area (Å²) in [4.78, 5) is 2.50. The molecule has 0 amide bonds. The highest BCUT2D eigenvalue weighted by molar-refractivity contribution is 7.89. The zero-order valence-electron chi connectivity index (χ0n) is 16.6. The highest BCUT2D eigenvalue weighted by Gasteiger charge is 2.26. The van der Waals surface area contributed by atoms with Crippen LogP contribution in [0.3, 0.4) is 0 Å². The summed E-state index contributed by atoms with van der Waals surface area (Å²) < 4.78 is 32.9. The highest BCUT2D eigenvalue weighted by Crippen LogP contribution is 2.18. The van der Waals surface area contributed by atoms with Crippen molar-refractivity contribution in [1.82, 2.24) is 9.21 Å². The highest BCUT2D eigenvalue weighted by atomic mass is 32.2.